The fourth-order valence-corrected chi connectivity index (χ4v) is 4.02. The van der Waals surface area contributed by atoms with Crippen LogP contribution in [0.15, 0.2) is 23.2 Å². The topological polar surface area (TPSA) is 157 Å². The van der Waals surface area contributed by atoms with Crippen molar-refractivity contribution in [3.8, 4) is 11.3 Å². The third-order valence-electron chi connectivity index (χ3n) is 4.72. The molecule has 0 aliphatic heterocycles. The highest BCUT2D eigenvalue weighted by Gasteiger charge is 2.16. The summed E-state index contributed by atoms with van der Waals surface area (Å²) >= 11 is 1.36. The number of carboxylic acid groups (broad SMARTS) is 1. The molecule has 35 heavy (non-hydrogen) atoms. The van der Waals surface area contributed by atoms with Crippen LogP contribution in [0.25, 0.3) is 11.3 Å². The summed E-state index contributed by atoms with van der Waals surface area (Å²) in [6.07, 6.45) is 0.373. The fraction of sp³-hybridized carbons (Fsp3) is 0.458. The van der Waals surface area contributed by atoms with Crippen molar-refractivity contribution in [2.24, 2.45) is 0 Å². The molecule has 1 aromatic heterocycles. The van der Waals surface area contributed by atoms with Crippen LogP contribution in [0, 0.1) is 13.8 Å². The number of nitrogens with zero attached hydrogens (tertiary/aromatic N) is 2. The van der Waals surface area contributed by atoms with Crippen molar-refractivity contribution < 1.29 is 24.2 Å². The largest absolute Gasteiger partial charge is 0.478 e. The third kappa shape index (κ3) is 9.44. The van der Waals surface area contributed by atoms with Gasteiger partial charge in [0.25, 0.3) is 0 Å². The quantitative estimate of drug-likeness (QED) is 0.216. The van der Waals surface area contributed by atoms with Gasteiger partial charge in [-0.25, -0.2) is 19.6 Å². The second-order valence-electron chi connectivity index (χ2n) is 8.97. The van der Waals surface area contributed by atoms with Crippen LogP contribution in [0.2, 0.25) is 0 Å². The zero-order chi connectivity index (χ0) is 26.2. The first-order chi connectivity index (χ1) is 16.4. The van der Waals surface area contributed by atoms with Crippen LogP contribution in [0.1, 0.15) is 55.1 Å². The zero-order valence-corrected chi connectivity index (χ0v) is 21.5. The number of nitrogens with one attached hydrogen (secondary N) is 2. The van der Waals surface area contributed by atoms with E-state index in [0.29, 0.717) is 47.1 Å². The number of rotatable bonds is 10. The molecule has 0 spiro atoms. The Balaban J connectivity index is 1.85. The summed E-state index contributed by atoms with van der Waals surface area (Å²) in [6, 6.07) is 5.14. The summed E-state index contributed by atoms with van der Waals surface area (Å²) in [4.78, 5) is 43.7. The number of nitrogens with two attached hydrogens (primary N) is 1. The molecule has 0 atom stereocenters. The van der Waals surface area contributed by atoms with Gasteiger partial charge in [-0.05, 0) is 64.3 Å². The molecule has 0 unspecified atom stereocenters. The van der Waals surface area contributed by atoms with Crippen LogP contribution in [0.5, 0.6) is 0 Å². The summed E-state index contributed by atoms with van der Waals surface area (Å²) in [7, 11) is 0. The van der Waals surface area contributed by atoms with Crippen molar-refractivity contribution in [2.75, 3.05) is 24.6 Å². The first-order valence-electron chi connectivity index (χ1n) is 11.2. The number of alkyl carbamates (subject to hydrolysis) is 1. The Morgan fingerprint density at radius 1 is 1.06 bits per heavy atom. The molecule has 0 saturated heterocycles. The van der Waals surface area contributed by atoms with Gasteiger partial charge in [-0.15, -0.1) is 11.8 Å². The lowest BCUT2D eigenvalue weighted by molar-refractivity contribution is -0.120. The molecule has 11 heteroatoms. The van der Waals surface area contributed by atoms with Gasteiger partial charge in [0, 0.05) is 30.8 Å². The Morgan fingerprint density at radius 2 is 1.74 bits per heavy atom. The third-order valence-corrected chi connectivity index (χ3v) is 5.63. The maximum Gasteiger partial charge on any atom is 0.407 e. The van der Waals surface area contributed by atoms with Crippen LogP contribution in [0.4, 0.5) is 10.7 Å². The van der Waals surface area contributed by atoms with Gasteiger partial charge in [0.1, 0.15) is 10.6 Å². The number of aryl methyl sites for hydroxylation is 2. The summed E-state index contributed by atoms with van der Waals surface area (Å²) < 4.78 is 5.15. The van der Waals surface area contributed by atoms with Crippen LogP contribution in [0.3, 0.4) is 0 Å². The van der Waals surface area contributed by atoms with E-state index in [-0.39, 0.29) is 23.8 Å². The molecule has 2 amide bonds. The number of aromatic carboxylic acids is 1. The molecule has 5 N–H and O–H groups in total. The van der Waals surface area contributed by atoms with Crippen LogP contribution < -0.4 is 16.4 Å². The first kappa shape index (κ1) is 27.9. The predicted molar refractivity (Wildman–Crippen MR) is 136 cm³/mol. The van der Waals surface area contributed by atoms with Gasteiger partial charge in [0.15, 0.2) is 0 Å². The van der Waals surface area contributed by atoms with Gasteiger partial charge >= 0.3 is 12.1 Å². The highest BCUT2D eigenvalue weighted by molar-refractivity contribution is 7.99. The maximum atomic E-state index is 12.1. The summed E-state index contributed by atoms with van der Waals surface area (Å²) in [5, 5.41) is 15.5. The molecule has 1 aromatic carbocycles. The molecule has 2 aromatic rings. The minimum absolute atomic E-state index is 0.0730. The molecular formula is C24H33N5O5S. The summed E-state index contributed by atoms with van der Waals surface area (Å²) in [5.74, 6) is -0.571. The zero-order valence-electron chi connectivity index (χ0n) is 20.7. The number of carboxylic acids is 1. The van der Waals surface area contributed by atoms with Crippen molar-refractivity contribution in [1.82, 2.24) is 20.6 Å². The minimum atomic E-state index is -1.01. The van der Waals surface area contributed by atoms with E-state index in [2.05, 4.69) is 20.6 Å². The Bertz CT molecular complexity index is 1080. The average molecular weight is 504 g/mol. The van der Waals surface area contributed by atoms with E-state index in [9.17, 15) is 19.5 Å². The number of ether oxygens (including phenoxy) is 1. The van der Waals surface area contributed by atoms with E-state index in [1.165, 1.54) is 11.8 Å². The van der Waals surface area contributed by atoms with Crippen molar-refractivity contribution in [3.63, 3.8) is 0 Å². The lowest BCUT2D eigenvalue weighted by Gasteiger charge is -2.19. The van der Waals surface area contributed by atoms with Crippen LogP contribution >= 0.6 is 11.8 Å². The Hall–Kier alpha value is -3.34. The molecule has 0 aliphatic carbocycles. The first-order valence-corrected chi connectivity index (χ1v) is 12.2. The van der Waals surface area contributed by atoms with E-state index in [1.807, 2.05) is 6.92 Å². The van der Waals surface area contributed by atoms with Crippen molar-refractivity contribution in [2.45, 2.75) is 58.1 Å². The van der Waals surface area contributed by atoms with Crippen molar-refractivity contribution in [1.29, 1.82) is 0 Å². The van der Waals surface area contributed by atoms with Gasteiger partial charge in [-0.1, -0.05) is 6.07 Å². The van der Waals surface area contributed by atoms with Gasteiger partial charge in [0.2, 0.25) is 11.9 Å². The SMILES string of the molecule is Cc1cc(C)c(-c2cc(SCCC(=O)NCCCNC(=O)OC(C)(C)C)nc(N)n2)cc1C(=O)O. The number of anilines is 1. The standard InChI is InChI=1S/C24H33N5O5S/c1-14-11-15(2)17(21(31)32)12-16(14)18-13-20(29-22(25)28-18)35-10-7-19(30)26-8-6-9-27-23(33)34-24(3,4)5/h11-13H,6-10H2,1-5H3,(H,26,30)(H,27,33)(H,31,32)(H2,25,28,29). The molecule has 1 heterocycles. The molecule has 10 nitrogen and oxygen atoms in total. The van der Waals surface area contributed by atoms with E-state index >= 15 is 0 Å². The Kier molecular flexibility index (Phi) is 9.88. The molecular weight excluding hydrogens is 470 g/mol. The highest BCUT2D eigenvalue weighted by Crippen LogP contribution is 2.29. The molecule has 2 rings (SSSR count). The van der Waals surface area contributed by atoms with Crippen LogP contribution in [-0.2, 0) is 9.53 Å². The summed E-state index contributed by atoms with van der Waals surface area (Å²) in [5.41, 5.74) is 8.28. The van der Waals surface area contributed by atoms with E-state index in [4.69, 9.17) is 10.5 Å². The van der Waals surface area contributed by atoms with Crippen molar-refractivity contribution in [3.05, 3.63) is 34.9 Å². The average Bonchev–Trinajstić information content (AvgIpc) is 2.71. The Morgan fingerprint density at radius 3 is 2.40 bits per heavy atom. The smallest absolute Gasteiger partial charge is 0.407 e. The number of nitrogen functional groups attached to an aromatic ring is 1. The lowest BCUT2D eigenvalue weighted by atomic mass is 9.98. The van der Waals surface area contributed by atoms with Gasteiger partial charge in [-0.2, -0.15) is 0 Å². The van der Waals surface area contributed by atoms with E-state index in [1.54, 1.807) is 45.9 Å². The minimum Gasteiger partial charge on any atom is -0.478 e. The monoisotopic (exact) mass is 503 g/mol. The molecule has 0 bridgehead atoms. The van der Waals surface area contributed by atoms with E-state index < -0.39 is 17.7 Å². The molecule has 190 valence electrons. The number of benzene rings is 1. The highest BCUT2D eigenvalue weighted by atomic mass is 32.2. The summed E-state index contributed by atoms with van der Waals surface area (Å²) in [6.45, 7) is 9.84. The van der Waals surface area contributed by atoms with Crippen LogP contribution in [-0.4, -0.2) is 57.5 Å². The van der Waals surface area contributed by atoms with Gasteiger partial charge < -0.3 is 26.2 Å². The number of thioether (sulfide) groups is 1. The van der Waals surface area contributed by atoms with E-state index in [0.717, 1.165) is 5.56 Å². The second kappa shape index (κ2) is 12.4. The number of hydrogen-bond donors (Lipinski definition) is 4. The second-order valence-corrected chi connectivity index (χ2v) is 10.1. The fourth-order valence-electron chi connectivity index (χ4n) is 3.17. The molecule has 0 fully saturated rings. The number of aromatic nitrogens is 2. The lowest BCUT2D eigenvalue weighted by Crippen LogP contribution is -2.34. The molecule has 0 radical (unpaired) electrons. The number of carbonyl (C=O) groups is 3. The predicted octanol–water partition coefficient (Wildman–Crippen LogP) is 3.55. The Labute approximate surface area is 209 Å². The number of amides is 2. The molecule has 0 saturated carbocycles. The van der Waals surface area contributed by atoms with Gasteiger partial charge in [-0.3, -0.25) is 4.79 Å². The van der Waals surface area contributed by atoms with Crippen molar-refractivity contribution >= 4 is 35.7 Å². The number of hydrogen-bond acceptors (Lipinski definition) is 8. The maximum absolute atomic E-state index is 12.1. The number of carbonyl (C=O) groups excluding carboxylic acids is 2. The molecule has 0 aliphatic rings. The normalized spacial score (nSPS) is 11.1. The van der Waals surface area contributed by atoms with Gasteiger partial charge in [0.05, 0.1) is 11.3 Å².